The van der Waals surface area contributed by atoms with Crippen molar-refractivity contribution in [3.05, 3.63) is 46.4 Å². The Morgan fingerprint density at radius 1 is 1.22 bits per heavy atom. The fourth-order valence-corrected chi connectivity index (χ4v) is 2.45. The van der Waals surface area contributed by atoms with Crippen LogP contribution in [0.5, 0.6) is 0 Å². The van der Waals surface area contributed by atoms with Crippen molar-refractivity contribution in [3.63, 3.8) is 0 Å². The molecule has 0 saturated heterocycles. The molecule has 0 unspecified atom stereocenters. The van der Waals surface area contributed by atoms with E-state index in [4.69, 9.17) is 0 Å². The van der Waals surface area contributed by atoms with Gasteiger partial charge in [-0.05, 0) is 39.0 Å². The maximum Gasteiger partial charge on any atom is 0.336 e. The molecule has 1 amide bonds. The largest absolute Gasteiger partial charge is 0.342 e. The van der Waals surface area contributed by atoms with Gasteiger partial charge in [0, 0.05) is 31.3 Å². The van der Waals surface area contributed by atoms with Gasteiger partial charge in [-0.3, -0.25) is 14.2 Å². The summed E-state index contributed by atoms with van der Waals surface area (Å²) < 4.78 is 2.60. The van der Waals surface area contributed by atoms with E-state index in [1.54, 1.807) is 37.1 Å². The van der Waals surface area contributed by atoms with Gasteiger partial charge in [0.25, 0.3) is 11.8 Å². The molecule has 0 bridgehead atoms. The molecular formula is C17H21N3O3. The fourth-order valence-electron chi connectivity index (χ4n) is 2.45. The summed E-state index contributed by atoms with van der Waals surface area (Å²) in [6.45, 7) is 9.90. The summed E-state index contributed by atoms with van der Waals surface area (Å²) in [7, 11) is 1.70. The molecule has 0 aliphatic carbocycles. The van der Waals surface area contributed by atoms with E-state index < -0.39 is 11.6 Å². The minimum Gasteiger partial charge on any atom is -0.342 e. The van der Waals surface area contributed by atoms with E-state index in [-0.39, 0.29) is 11.5 Å². The van der Waals surface area contributed by atoms with Gasteiger partial charge in [0.15, 0.2) is 0 Å². The second kappa shape index (κ2) is 6.24. The van der Waals surface area contributed by atoms with Crippen LogP contribution in [0, 0.1) is 0 Å². The van der Waals surface area contributed by atoms with Crippen LogP contribution in [0.3, 0.4) is 0 Å². The number of aryl methyl sites for hydroxylation is 1. The molecule has 0 spiro atoms. The molecule has 23 heavy (non-hydrogen) atoms. The molecule has 0 atom stereocenters. The number of carbonyl (C=O) groups is 2. The minimum absolute atomic E-state index is 0.152. The molecule has 2 aromatic rings. The normalized spacial score (nSPS) is 10.8. The van der Waals surface area contributed by atoms with Crippen LogP contribution in [0.4, 0.5) is 0 Å². The van der Waals surface area contributed by atoms with Crippen molar-refractivity contribution in [3.8, 4) is 0 Å². The summed E-state index contributed by atoms with van der Waals surface area (Å²) in [6, 6.07) is 4.98. The first-order valence-electron chi connectivity index (χ1n) is 7.54. The molecule has 0 saturated carbocycles. The summed E-state index contributed by atoms with van der Waals surface area (Å²) in [6.07, 6.45) is 0. The van der Waals surface area contributed by atoms with Crippen molar-refractivity contribution in [2.24, 2.45) is 0 Å². The number of hydrogen-bond donors (Lipinski definition) is 0. The number of rotatable bonds is 4. The van der Waals surface area contributed by atoms with Crippen molar-refractivity contribution in [2.75, 3.05) is 13.6 Å². The predicted molar refractivity (Wildman–Crippen MR) is 89.9 cm³/mol. The van der Waals surface area contributed by atoms with Gasteiger partial charge in [-0.25, -0.2) is 9.36 Å². The molecular weight excluding hydrogens is 294 g/mol. The second-order valence-corrected chi connectivity index (χ2v) is 5.47. The molecule has 0 radical (unpaired) electrons. The average Bonchev–Trinajstić information content (AvgIpc) is 2.82. The van der Waals surface area contributed by atoms with Crippen LogP contribution in [-0.2, 0) is 6.54 Å². The van der Waals surface area contributed by atoms with Crippen molar-refractivity contribution in [1.29, 1.82) is 0 Å². The lowest BCUT2D eigenvalue weighted by Crippen LogP contribution is -2.29. The first kappa shape index (κ1) is 16.7. The topological polar surface area (TPSA) is 64.3 Å². The highest BCUT2D eigenvalue weighted by atomic mass is 16.2. The van der Waals surface area contributed by atoms with E-state index >= 15 is 0 Å². The molecule has 0 aliphatic rings. The van der Waals surface area contributed by atoms with Crippen LogP contribution in [0.25, 0.3) is 11.0 Å². The number of benzene rings is 1. The molecule has 6 nitrogen and oxygen atoms in total. The quantitative estimate of drug-likeness (QED) is 0.812. The number of imidazole rings is 1. The molecule has 0 aliphatic heterocycles. The fraction of sp³-hybridized carbons (Fsp3) is 0.353. The van der Waals surface area contributed by atoms with Gasteiger partial charge in [0.05, 0.1) is 11.0 Å². The van der Waals surface area contributed by atoms with Crippen LogP contribution in [0.2, 0.25) is 0 Å². The number of fused-ring (bicyclic) bond motifs is 1. The van der Waals surface area contributed by atoms with Crippen molar-refractivity contribution in [1.82, 2.24) is 14.0 Å². The Bertz CT molecular complexity index is 858. The van der Waals surface area contributed by atoms with Gasteiger partial charge in [-0.2, -0.15) is 0 Å². The highest BCUT2D eigenvalue weighted by molar-refractivity contribution is 6.02. The number of allylic oxidation sites excluding steroid dienone is 1. The number of hydrogen-bond acceptors (Lipinski definition) is 3. The average molecular weight is 315 g/mol. The number of aromatic nitrogens is 2. The van der Waals surface area contributed by atoms with E-state index in [1.165, 1.54) is 4.57 Å². The Morgan fingerprint density at radius 2 is 1.87 bits per heavy atom. The zero-order chi connectivity index (χ0) is 17.3. The lowest BCUT2D eigenvalue weighted by molar-refractivity contribution is 0.0802. The molecule has 1 aromatic heterocycles. The third-order valence-electron chi connectivity index (χ3n) is 3.88. The molecule has 6 heteroatoms. The van der Waals surface area contributed by atoms with Crippen molar-refractivity contribution in [2.45, 2.75) is 27.3 Å². The van der Waals surface area contributed by atoms with Gasteiger partial charge in [0.1, 0.15) is 0 Å². The Labute approximate surface area is 134 Å². The Hall–Kier alpha value is -2.63. The van der Waals surface area contributed by atoms with Crippen molar-refractivity contribution >= 4 is 22.8 Å². The van der Waals surface area contributed by atoms with Crippen molar-refractivity contribution < 1.29 is 9.59 Å². The zero-order valence-electron chi connectivity index (χ0n) is 13.9. The first-order chi connectivity index (χ1) is 10.8. The predicted octanol–water partition coefficient (Wildman–Crippen LogP) is 2.13. The van der Waals surface area contributed by atoms with Gasteiger partial charge < -0.3 is 4.90 Å². The molecule has 2 rings (SSSR count). The molecule has 0 N–H and O–H groups in total. The van der Waals surface area contributed by atoms with E-state index in [0.717, 1.165) is 4.57 Å². The third kappa shape index (κ3) is 2.72. The van der Waals surface area contributed by atoms with E-state index in [1.807, 2.05) is 13.8 Å². The smallest absolute Gasteiger partial charge is 0.336 e. The van der Waals surface area contributed by atoms with Gasteiger partial charge >= 0.3 is 5.69 Å². The summed E-state index contributed by atoms with van der Waals surface area (Å²) in [5.74, 6) is -0.610. The highest BCUT2D eigenvalue weighted by Gasteiger charge is 2.20. The van der Waals surface area contributed by atoms with Crippen LogP contribution >= 0.6 is 0 Å². The van der Waals surface area contributed by atoms with E-state index in [2.05, 4.69) is 6.58 Å². The SMILES string of the molecule is C=C(C)C(=O)n1c(=O)n(CC)c2ccc(C(=O)N(C)CC)cc21. The lowest BCUT2D eigenvalue weighted by Gasteiger charge is -2.14. The first-order valence-corrected chi connectivity index (χ1v) is 7.54. The molecule has 122 valence electrons. The summed E-state index contributed by atoms with van der Waals surface area (Å²) in [5.41, 5.74) is 1.36. The standard InChI is InChI=1S/C17H21N3O3/c1-6-18(5)16(22)12-8-9-13-14(10-12)20(15(21)11(3)4)17(23)19(13)7-2/h8-10H,3,6-7H2,1-2,4-5H3. The second-order valence-electron chi connectivity index (χ2n) is 5.47. The van der Waals surface area contributed by atoms with Crippen LogP contribution in [0.1, 0.15) is 35.9 Å². The zero-order valence-corrected chi connectivity index (χ0v) is 13.9. The Morgan fingerprint density at radius 3 is 2.39 bits per heavy atom. The molecule has 0 fully saturated rings. The number of nitrogens with zero attached hydrogens (tertiary/aromatic N) is 3. The van der Waals surface area contributed by atoms with Crippen LogP contribution < -0.4 is 5.69 Å². The van der Waals surface area contributed by atoms with Gasteiger partial charge in [0.2, 0.25) is 0 Å². The van der Waals surface area contributed by atoms with Crippen LogP contribution in [0.15, 0.2) is 35.1 Å². The Kier molecular flexibility index (Phi) is 4.54. The molecule has 1 heterocycles. The van der Waals surface area contributed by atoms with Gasteiger partial charge in [-0.15, -0.1) is 0 Å². The Balaban J connectivity index is 2.77. The highest BCUT2D eigenvalue weighted by Crippen LogP contribution is 2.18. The van der Waals surface area contributed by atoms with E-state index in [9.17, 15) is 14.4 Å². The lowest BCUT2D eigenvalue weighted by atomic mass is 10.1. The maximum absolute atomic E-state index is 12.5. The summed E-state index contributed by atoms with van der Waals surface area (Å²) >= 11 is 0. The minimum atomic E-state index is -0.458. The van der Waals surface area contributed by atoms with Crippen LogP contribution in [-0.4, -0.2) is 39.4 Å². The third-order valence-corrected chi connectivity index (χ3v) is 3.88. The molecule has 1 aromatic carbocycles. The summed E-state index contributed by atoms with van der Waals surface area (Å²) in [4.78, 5) is 38.7. The monoisotopic (exact) mass is 315 g/mol. The summed E-state index contributed by atoms with van der Waals surface area (Å²) in [5, 5.41) is 0. The number of carbonyl (C=O) groups excluding carboxylic acids is 2. The van der Waals surface area contributed by atoms with E-state index in [0.29, 0.717) is 29.7 Å². The number of amides is 1. The maximum atomic E-state index is 12.5. The van der Waals surface area contributed by atoms with Gasteiger partial charge in [-0.1, -0.05) is 6.58 Å².